The van der Waals surface area contributed by atoms with Crippen molar-refractivity contribution in [2.75, 3.05) is 13.7 Å². The average molecular weight is 540 g/mol. The third-order valence-electron chi connectivity index (χ3n) is 5.77. The first kappa shape index (κ1) is 29.9. The summed E-state index contributed by atoms with van der Waals surface area (Å²) in [6.45, 7) is 5.36. The number of aliphatic carboxylic acids is 1. The van der Waals surface area contributed by atoms with E-state index in [0.29, 0.717) is 5.56 Å². The summed E-state index contributed by atoms with van der Waals surface area (Å²) in [5.74, 6) is -3.66. The van der Waals surface area contributed by atoms with Crippen molar-refractivity contribution < 1.29 is 39.3 Å². The van der Waals surface area contributed by atoms with E-state index in [0.717, 1.165) is 0 Å². The van der Waals surface area contributed by atoms with Crippen LogP contribution in [0.3, 0.4) is 0 Å². The molecule has 3 rings (SSSR count). The van der Waals surface area contributed by atoms with Gasteiger partial charge in [0, 0.05) is 18.4 Å². The van der Waals surface area contributed by atoms with Crippen LogP contribution in [0.25, 0.3) is 0 Å². The minimum Gasteiger partial charge on any atom is -0.508 e. The lowest BCUT2D eigenvalue weighted by Gasteiger charge is -2.44. The van der Waals surface area contributed by atoms with E-state index < -0.39 is 63.9 Å². The number of fused-ring (bicyclic) bond motifs is 1. The van der Waals surface area contributed by atoms with Gasteiger partial charge < -0.3 is 41.9 Å². The van der Waals surface area contributed by atoms with Crippen molar-refractivity contribution in [2.45, 2.75) is 61.5 Å². The highest BCUT2D eigenvalue weighted by Gasteiger charge is 2.64. The number of nitrogens with two attached hydrogens (primary N) is 1. The summed E-state index contributed by atoms with van der Waals surface area (Å²) in [4.78, 5) is 62.9. The van der Waals surface area contributed by atoms with Gasteiger partial charge >= 0.3 is 5.97 Å². The number of β-lactam (4-membered cyclic amide) rings is 1. The largest absolute Gasteiger partial charge is 0.508 e. The van der Waals surface area contributed by atoms with Crippen molar-refractivity contribution in [3.8, 4) is 5.75 Å². The van der Waals surface area contributed by atoms with Crippen LogP contribution in [0.1, 0.15) is 38.8 Å². The second-order valence-electron chi connectivity index (χ2n) is 8.92. The average Bonchev–Trinajstić information content (AvgIpc) is 3.09. The topological polar surface area (TPSA) is 211 Å². The summed E-state index contributed by atoms with van der Waals surface area (Å²) in [5.41, 5.74) is 6.09. The molecule has 2 saturated heterocycles. The Kier molecular flexibility index (Phi) is 9.89. The van der Waals surface area contributed by atoms with Crippen molar-refractivity contribution in [3.63, 3.8) is 0 Å². The lowest BCUT2D eigenvalue weighted by atomic mass is 9.95. The zero-order valence-electron chi connectivity index (χ0n) is 20.9. The zero-order valence-corrected chi connectivity index (χ0v) is 21.7. The van der Waals surface area contributed by atoms with Crippen LogP contribution in [0.2, 0.25) is 0 Å². The van der Waals surface area contributed by atoms with Crippen LogP contribution in [0.15, 0.2) is 24.3 Å². The molecule has 0 bridgehead atoms. The number of thioether (sulfide) groups is 1. The van der Waals surface area contributed by atoms with Gasteiger partial charge in [-0.15, -0.1) is 11.8 Å². The molecule has 0 aliphatic carbocycles. The molecule has 2 aliphatic heterocycles. The fourth-order valence-electron chi connectivity index (χ4n) is 3.99. The molecule has 1 aromatic rings. The maximum Gasteiger partial charge on any atom is 0.327 e. The number of hydrogen-bond donors (Lipinski definition) is 7. The number of benzene rings is 1. The van der Waals surface area contributed by atoms with Gasteiger partial charge in [-0.05, 0) is 38.5 Å². The predicted molar refractivity (Wildman–Crippen MR) is 134 cm³/mol. The van der Waals surface area contributed by atoms with Gasteiger partial charge in [0.25, 0.3) is 0 Å². The fourth-order valence-corrected chi connectivity index (χ4v) is 5.62. The van der Waals surface area contributed by atoms with Gasteiger partial charge in [0.15, 0.2) is 0 Å². The monoisotopic (exact) mass is 539 g/mol. The second-order valence-corrected chi connectivity index (χ2v) is 10.7. The molecule has 13 nitrogen and oxygen atoms in total. The number of carbonyl (C=O) groups is 5. The number of carboxylic acids is 1. The molecule has 14 heteroatoms. The summed E-state index contributed by atoms with van der Waals surface area (Å²) in [6, 6.07) is 0.997. The van der Waals surface area contributed by atoms with E-state index in [1.807, 2.05) is 0 Å². The number of rotatable bonds is 8. The van der Waals surface area contributed by atoms with Gasteiger partial charge in [-0.25, -0.2) is 4.79 Å². The van der Waals surface area contributed by atoms with Crippen molar-refractivity contribution in [1.29, 1.82) is 0 Å². The molecular formula is C23H33N5O8S. The number of aromatic hydroxyl groups is 1. The van der Waals surface area contributed by atoms with Gasteiger partial charge in [-0.2, -0.15) is 0 Å². The van der Waals surface area contributed by atoms with E-state index in [4.69, 9.17) is 10.8 Å². The molecule has 0 spiro atoms. The molecule has 0 saturated carbocycles. The lowest BCUT2D eigenvalue weighted by Crippen LogP contribution is -2.71. The molecule has 2 fully saturated rings. The number of phenols is 1. The number of phenolic OH excluding ortho intramolecular Hbond substituents is 1. The standard InChI is InChI=1S/C21H27N5O7S.C2H6O/c1-21(2)15(20(32)33)26-18(31)14(19(26)34-21)25-17(30)13(9-4-6-10(27)7-5-9)24-16(29)11(22)8-12(28)23-3;1-2-3/h4-7,11,13-15,19,27H,8,22H2,1-3H3,(H,23,28)(H,24,29)(H,25,30)(H,32,33);3H,2H2,1H3/t11?,13?,14-,15+,19-;/m1./s1. The Morgan fingerprint density at radius 2 is 1.73 bits per heavy atom. The van der Waals surface area contributed by atoms with Crippen LogP contribution in [-0.4, -0.2) is 91.7 Å². The maximum atomic E-state index is 13.2. The molecule has 1 aromatic carbocycles. The Hall–Kier alpha value is -3.36. The Morgan fingerprint density at radius 3 is 2.24 bits per heavy atom. The molecule has 2 aliphatic rings. The summed E-state index contributed by atoms with van der Waals surface area (Å²) in [6.07, 6.45) is -0.299. The molecule has 2 heterocycles. The van der Waals surface area contributed by atoms with Crippen molar-refractivity contribution >= 4 is 41.4 Å². The number of nitrogens with one attached hydrogen (secondary N) is 3. The van der Waals surface area contributed by atoms with Crippen LogP contribution in [-0.2, 0) is 24.0 Å². The number of nitrogens with zero attached hydrogens (tertiary/aromatic N) is 1. The lowest BCUT2D eigenvalue weighted by molar-refractivity contribution is -0.161. The molecular weight excluding hydrogens is 506 g/mol. The second kappa shape index (κ2) is 12.3. The van der Waals surface area contributed by atoms with Crippen LogP contribution >= 0.6 is 11.8 Å². The van der Waals surface area contributed by atoms with Crippen LogP contribution in [0.4, 0.5) is 0 Å². The SMILES string of the molecule is CCO.CNC(=O)CC(N)C(=O)NC(C(=O)N[C@@H]1C(=O)N2[C@@H]1SC(C)(C)[C@@H]2C(=O)O)c1ccc(O)cc1. The summed E-state index contributed by atoms with van der Waals surface area (Å²) in [7, 11) is 1.40. The van der Waals surface area contributed by atoms with Crippen molar-refractivity contribution in [1.82, 2.24) is 20.9 Å². The van der Waals surface area contributed by atoms with Crippen molar-refractivity contribution in [3.05, 3.63) is 29.8 Å². The maximum absolute atomic E-state index is 13.2. The van der Waals surface area contributed by atoms with Crippen LogP contribution < -0.4 is 21.7 Å². The van der Waals surface area contributed by atoms with Crippen molar-refractivity contribution in [2.24, 2.45) is 5.73 Å². The van der Waals surface area contributed by atoms with Crippen LogP contribution in [0.5, 0.6) is 5.75 Å². The van der Waals surface area contributed by atoms with Gasteiger partial charge in [-0.3, -0.25) is 19.2 Å². The number of carbonyl (C=O) groups excluding carboxylic acids is 4. The number of hydrogen-bond acceptors (Lipinski definition) is 9. The first-order valence-corrected chi connectivity index (χ1v) is 12.4. The molecule has 0 radical (unpaired) electrons. The Bertz CT molecular complexity index is 1030. The smallest absolute Gasteiger partial charge is 0.327 e. The van der Waals surface area contributed by atoms with E-state index in [2.05, 4.69) is 16.0 Å². The van der Waals surface area contributed by atoms with E-state index in [1.54, 1.807) is 20.8 Å². The molecule has 0 aromatic heterocycles. The molecule has 8 N–H and O–H groups in total. The summed E-state index contributed by atoms with van der Waals surface area (Å²) in [5, 5.41) is 33.6. The number of carboxylic acid groups (broad SMARTS) is 1. The first-order chi connectivity index (χ1) is 17.3. The highest BCUT2D eigenvalue weighted by Crippen LogP contribution is 2.50. The summed E-state index contributed by atoms with van der Waals surface area (Å²) < 4.78 is -0.761. The minimum atomic E-state index is -1.28. The molecule has 204 valence electrons. The molecule has 37 heavy (non-hydrogen) atoms. The molecule has 2 unspecified atom stereocenters. The number of amides is 4. The van der Waals surface area contributed by atoms with Gasteiger partial charge in [0.1, 0.15) is 29.2 Å². The predicted octanol–water partition coefficient (Wildman–Crippen LogP) is -1.36. The van der Waals surface area contributed by atoms with E-state index in [9.17, 15) is 34.2 Å². The third kappa shape index (κ3) is 6.70. The third-order valence-corrected chi connectivity index (χ3v) is 7.34. The Balaban J connectivity index is 0.00000153. The first-order valence-electron chi connectivity index (χ1n) is 11.5. The summed E-state index contributed by atoms with van der Waals surface area (Å²) >= 11 is 1.27. The van der Waals surface area contributed by atoms with E-state index >= 15 is 0 Å². The highest BCUT2D eigenvalue weighted by molar-refractivity contribution is 8.01. The van der Waals surface area contributed by atoms with Crippen LogP contribution in [0, 0.1) is 0 Å². The zero-order chi connectivity index (χ0) is 28.1. The van der Waals surface area contributed by atoms with E-state index in [1.165, 1.54) is 48.0 Å². The molecule has 4 amide bonds. The molecule has 5 atom stereocenters. The number of aliphatic hydroxyl groups excluding tert-OH is 1. The minimum absolute atomic E-state index is 0.0559. The quantitative estimate of drug-likeness (QED) is 0.193. The fraction of sp³-hybridized carbons (Fsp3) is 0.522. The normalized spacial score (nSPS) is 22.8. The Labute approximate surface area is 218 Å². The van der Waals surface area contributed by atoms with E-state index in [-0.39, 0.29) is 18.8 Å². The van der Waals surface area contributed by atoms with Gasteiger partial charge in [0.2, 0.25) is 23.6 Å². The number of aliphatic hydroxyl groups is 1. The van der Waals surface area contributed by atoms with Gasteiger partial charge in [-0.1, -0.05) is 12.1 Å². The van der Waals surface area contributed by atoms with Gasteiger partial charge in [0.05, 0.1) is 12.5 Å². The Morgan fingerprint density at radius 1 is 1.16 bits per heavy atom. The highest BCUT2D eigenvalue weighted by atomic mass is 32.2.